The first-order valence-electron chi connectivity index (χ1n) is 6.34. The Balaban J connectivity index is 2.06. The minimum Gasteiger partial charge on any atom is -0.478 e. The van der Waals surface area contributed by atoms with Crippen molar-refractivity contribution in [2.45, 2.75) is 13.3 Å². The molecule has 0 aromatic heterocycles. The van der Waals surface area contributed by atoms with Crippen molar-refractivity contribution in [1.29, 1.82) is 0 Å². The number of nitrogens with one attached hydrogen (secondary N) is 1. The number of anilines is 1. The molecule has 0 radical (unpaired) electrons. The molecule has 0 unspecified atom stereocenters. The van der Waals surface area contributed by atoms with Gasteiger partial charge < -0.3 is 10.4 Å². The van der Waals surface area contributed by atoms with Crippen LogP contribution in [-0.2, 0) is 11.2 Å². The SMILES string of the molecule is Cc1cc(NC(=O)Cc2cccc(Br)c2)ccc1C(=O)O. The minimum atomic E-state index is -0.973. The van der Waals surface area contributed by atoms with Crippen LogP contribution in [0.4, 0.5) is 5.69 Å². The number of aromatic carboxylic acids is 1. The summed E-state index contributed by atoms with van der Waals surface area (Å²) in [6, 6.07) is 12.3. The van der Waals surface area contributed by atoms with Crippen LogP contribution in [0.15, 0.2) is 46.9 Å². The number of carbonyl (C=O) groups is 2. The molecule has 2 aromatic rings. The Bertz CT molecular complexity index is 698. The highest BCUT2D eigenvalue weighted by atomic mass is 79.9. The predicted molar refractivity (Wildman–Crippen MR) is 84.6 cm³/mol. The molecule has 108 valence electrons. The molecule has 0 heterocycles. The van der Waals surface area contributed by atoms with Crippen LogP contribution in [0.5, 0.6) is 0 Å². The molecule has 5 heteroatoms. The summed E-state index contributed by atoms with van der Waals surface area (Å²) < 4.78 is 0.925. The molecule has 0 fully saturated rings. The molecule has 2 N–H and O–H groups in total. The van der Waals surface area contributed by atoms with E-state index in [4.69, 9.17) is 5.11 Å². The van der Waals surface area contributed by atoms with Gasteiger partial charge in [-0.25, -0.2) is 4.79 Å². The number of amides is 1. The van der Waals surface area contributed by atoms with E-state index in [-0.39, 0.29) is 17.9 Å². The lowest BCUT2D eigenvalue weighted by Gasteiger charge is -2.08. The summed E-state index contributed by atoms with van der Waals surface area (Å²) in [6.45, 7) is 1.70. The minimum absolute atomic E-state index is 0.143. The zero-order valence-electron chi connectivity index (χ0n) is 11.4. The van der Waals surface area contributed by atoms with Crippen molar-refractivity contribution in [3.8, 4) is 0 Å². The fourth-order valence-corrected chi connectivity index (χ4v) is 2.47. The fourth-order valence-electron chi connectivity index (χ4n) is 2.02. The van der Waals surface area contributed by atoms with Gasteiger partial charge in [0.15, 0.2) is 0 Å². The van der Waals surface area contributed by atoms with Crippen molar-refractivity contribution in [1.82, 2.24) is 0 Å². The van der Waals surface area contributed by atoms with Crippen LogP contribution in [0.25, 0.3) is 0 Å². The van der Waals surface area contributed by atoms with Gasteiger partial charge in [0.2, 0.25) is 5.91 Å². The standard InChI is InChI=1S/C16H14BrNO3/c1-10-7-13(5-6-14(10)16(20)21)18-15(19)9-11-3-2-4-12(17)8-11/h2-8H,9H2,1H3,(H,18,19)(H,20,21). The molecular weight excluding hydrogens is 334 g/mol. The highest BCUT2D eigenvalue weighted by Gasteiger charge is 2.09. The van der Waals surface area contributed by atoms with Gasteiger partial charge in [-0.1, -0.05) is 28.1 Å². The van der Waals surface area contributed by atoms with Crippen LogP contribution in [0.3, 0.4) is 0 Å². The monoisotopic (exact) mass is 347 g/mol. The van der Waals surface area contributed by atoms with Gasteiger partial charge >= 0.3 is 5.97 Å². The molecule has 0 bridgehead atoms. The van der Waals surface area contributed by atoms with Crippen molar-refractivity contribution in [3.05, 3.63) is 63.6 Å². The molecule has 0 spiro atoms. The summed E-state index contributed by atoms with van der Waals surface area (Å²) >= 11 is 3.36. The quantitative estimate of drug-likeness (QED) is 0.887. The smallest absolute Gasteiger partial charge is 0.335 e. The number of carbonyl (C=O) groups excluding carboxylic acids is 1. The maximum absolute atomic E-state index is 12.0. The Kier molecular flexibility index (Phi) is 4.75. The third-order valence-electron chi connectivity index (χ3n) is 2.99. The molecule has 0 atom stereocenters. The maximum atomic E-state index is 12.0. The van der Waals surface area contributed by atoms with E-state index in [1.165, 1.54) is 6.07 Å². The summed E-state index contributed by atoms with van der Waals surface area (Å²) in [5, 5.41) is 11.7. The average molecular weight is 348 g/mol. The molecule has 0 aliphatic rings. The number of benzene rings is 2. The van der Waals surface area contributed by atoms with Gasteiger partial charge in [-0.15, -0.1) is 0 Å². The lowest BCUT2D eigenvalue weighted by atomic mass is 10.1. The van der Waals surface area contributed by atoms with E-state index in [0.29, 0.717) is 11.3 Å². The van der Waals surface area contributed by atoms with Gasteiger partial charge in [0.05, 0.1) is 12.0 Å². The van der Waals surface area contributed by atoms with E-state index in [2.05, 4.69) is 21.2 Å². The molecule has 0 saturated heterocycles. The Labute approximate surface area is 130 Å². The molecule has 0 aliphatic heterocycles. The molecule has 2 aromatic carbocycles. The zero-order chi connectivity index (χ0) is 15.4. The summed E-state index contributed by atoms with van der Waals surface area (Å²) in [7, 11) is 0. The molecular formula is C16H14BrNO3. The van der Waals surface area contributed by atoms with Gasteiger partial charge in [-0.3, -0.25) is 4.79 Å². The number of aryl methyl sites for hydroxylation is 1. The molecule has 4 nitrogen and oxygen atoms in total. The number of hydrogen-bond donors (Lipinski definition) is 2. The van der Waals surface area contributed by atoms with Crippen LogP contribution in [0, 0.1) is 6.92 Å². The van der Waals surface area contributed by atoms with Gasteiger partial charge in [-0.05, 0) is 48.4 Å². The van der Waals surface area contributed by atoms with E-state index >= 15 is 0 Å². The topological polar surface area (TPSA) is 66.4 Å². The van der Waals surface area contributed by atoms with Crippen molar-refractivity contribution >= 4 is 33.5 Å². The van der Waals surface area contributed by atoms with Crippen molar-refractivity contribution in [3.63, 3.8) is 0 Å². The second kappa shape index (κ2) is 6.54. The average Bonchev–Trinajstić information content (AvgIpc) is 2.38. The Morgan fingerprint density at radius 2 is 1.95 bits per heavy atom. The lowest BCUT2D eigenvalue weighted by Crippen LogP contribution is -2.14. The largest absolute Gasteiger partial charge is 0.478 e. The van der Waals surface area contributed by atoms with Gasteiger partial charge in [0.1, 0.15) is 0 Å². The van der Waals surface area contributed by atoms with E-state index in [1.54, 1.807) is 19.1 Å². The zero-order valence-corrected chi connectivity index (χ0v) is 13.0. The lowest BCUT2D eigenvalue weighted by molar-refractivity contribution is -0.115. The number of carboxylic acid groups (broad SMARTS) is 1. The van der Waals surface area contributed by atoms with Crippen molar-refractivity contribution < 1.29 is 14.7 Å². The Morgan fingerprint density at radius 1 is 1.19 bits per heavy atom. The van der Waals surface area contributed by atoms with Crippen LogP contribution >= 0.6 is 15.9 Å². The number of hydrogen-bond acceptors (Lipinski definition) is 2. The highest BCUT2D eigenvalue weighted by molar-refractivity contribution is 9.10. The molecule has 0 saturated carbocycles. The van der Waals surface area contributed by atoms with Crippen LogP contribution in [0.2, 0.25) is 0 Å². The molecule has 0 aliphatic carbocycles. The Morgan fingerprint density at radius 3 is 2.57 bits per heavy atom. The van der Waals surface area contributed by atoms with Crippen molar-refractivity contribution in [2.24, 2.45) is 0 Å². The first kappa shape index (κ1) is 15.3. The number of carboxylic acids is 1. The van der Waals surface area contributed by atoms with Crippen molar-refractivity contribution in [2.75, 3.05) is 5.32 Å². The van der Waals surface area contributed by atoms with Crippen LogP contribution in [-0.4, -0.2) is 17.0 Å². The number of halogens is 1. The van der Waals surface area contributed by atoms with E-state index < -0.39 is 5.97 Å². The van der Waals surface area contributed by atoms with E-state index in [1.807, 2.05) is 24.3 Å². The second-order valence-electron chi connectivity index (χ2n) is 4.69. The summed E-state index contributed by atoms with van der Waals surface area (Å²) in [5.74, 6) is -1.12. The second-order valence-corrected chi connectivity index (χ2v) is 5.61. The molecule has 2 rings (SSSR count). The van der Waals surface area contributed by atoms with E-state index in [0.717, 1.165) is 10.0 Å². The van der Waals surface area contributed by atoms with Gasteiger partial charge in [0.25, 0.3) is 0 Å². The summed E-state index contributed by atoms with van der Waals surface area (Å²) in [4.78, 5) is 22.9. The summed E-state index contributed by atoms with van der Waals surface area (Å²) in [6.07, 6.45) is 0.263. The highest BCUT2D eigenvalue weighted by Crippen LogP contribution is 2.16. The first-order valence-corrected chi connectivity index (χ1v) is 7.13. The van der Waals surface area contributed by atoms with E-state index in [9.17, 15) is 9.59 Å². The molecule has 1 amide bonds. The van der Waals surface area contributed by atoms with Gasteiger partial charge in [-0.2, -0.15) is 0 Å². The fraction of sp³-hybridized carbons (Fsp3) is 0.125. The predicted octanol–water partition coefficient (Wildman–Crippen LogP) is 3.64. The summed E-state index contributed by atoms with van der Waals surface area (Å²) in [5.41, 5.74) is 2.35. The van der Waals surface area contributed by atoms with Gasteiger partial charge in [0, 0.05) is 10.2 Å². The van der Waals surface area contributed by atoms with Crippen LogP contribution in [0.1, 0.15) is 21.5 Å². The van der Waals surface area contributed by atoms with Crippen LogP contribution < -0.4 is 5.32 Å². The first-order chi connectivity index (χ1) is 9.95. The normalized spacial score (nSPS) is 10.2. The molecule has 21 heavy (non-hydrogen) atoms. The Hall–Kier alpha value is -2.14. The third-order valence-corrected chi connectivity index (χ3v) is 3.49. The maximum Gasteiger partial charge on any atom is 0.335 e. The number of rotatable bonds is 4. The third kappa shape index (κ3) is 4.16.